The number of fused-ring (bicyclic) bond motifs is 1. The maximum Gasteiger partial charge on any atom is 0.253 e. The lowest BCUT2D eigenvalue weighted by Crippen LogP contribution is -2.26. The summed E-state index contributed by atoms with van der Waals surface area (Å²) in [6.07, 6.45) is 3.30. The van der Waals surface area contributed by atoms with Crippen molar-refractivity contribution < 1.29 is 9.59 Å². The van der Waals surface area contributed by atoms with Gasteiger partial charge in [0.25, 0.3) is 5.91 Å². The van der Waals surface area contributed by atoms with Crippen molar-refractivity contribution in [2.75, 3.05) is 5.32 Å². The first-order chi connectivity index (χ1) is 13.7. The molecule has 4 rings (SSSR count). The van der Waals surface area contributed by atoms with Gasteiger partial charge in [-0.1, -0.05) is 48.5 Å². The fourth-order valence-corrected chi connectivity index (χ4v) is 3.55. The van der Waals surface area contributed by atoms with Crippen LogP contribution in [-0.4, -0.2) is 16.8 Å². The molecule has 0 aliphatic heterocycles. The van der Waals surface area contributed by atoms with E-state index in [2.05, 4.69) is 15.6 Å². The molecule has 2 aromatic carbocycles. The van der Waals surface area contributed by atoms with Crippen LogP contribution in [0.25, 0.3) is 0 Å². The van der Waals surface area contributed by atoms with Crippen molar-refractivity contribution in [1.82, 2.24) is 10.3 Å². The highest BCUT2D eigenvalue weighted by Gasteiger charge is 2.30. The molecular weight excluding hydrogens is 350 g/mol. The Balaban J connectivity index is 1.47. The number of nitrogens with one attached hydrogen (secondary N) is 2. The Morgan fingerprint density at radius 2 is 1.75 bits per heavy atom. The number of pyridine rings is 1. The maximum atomic E-state index is 12.8. The molecule has 0 radical (unpaired) electrons. The van der Waals surface area contributed by atoms with Crippen molar-refractivity contribution in [3.63, 3.8) is 0 Å². The van der Waals surface area contributed by atoms with Crippen LogP contribution in [-0.2, 0) is 17.8 Å². The first-order valence-electron chi connectivity index (χ1n) is 9.38. The molecule has 0 spiro atoms. The molecule has 1 aliphatic rings. The number of hydrogen-bond acceptors (Lipinski definition) is 3. The molecule has 5 nitrogen and oxygen atoms in total. The van der Waals surface area contributed by atoms with E-state index in [0.29, 0.717) is 17.8 Å². The first-order valence-corrected chi connectivity index (χ1v) is 9.38. The zero-order chi connectivity index (χ0) is 19.3. The number of amides is 2. The minimum atomic E-state index is -0.281. The lowest BCUT2D eigenvalue weighted by Gasteiger charge is -2.14. The molecular formula is C23H21N3O2. The largest absolute Gasteiger partial charge is 0.348 e. The molecule has 0 saturated carbocycles. The fraction of sp³-hybridized carbons (Fsp3) is 0.174. The van der Waals surface area contributed by atoms with E-state index in [1.807, 2.05) is 48.5 Å². The highest BCUT2D eigenvalue weighted by Crippen LogP contribution is 2.32. The van der Waals surface area contributed by atoms with Gasteiger partial charge in [0.15, 0.2) is 0 Å². The second kappa shape index (κ2) is 8.05. The van der Waals surface area contributed by atoms with E-state index in [1.165, 1.54) is 0 Å². The van der Waals surface area contributed by atoms with Crippen molar-refractivity contribution >= 4 is 17.5 Å². The van der Waals surface area contributed by atoms with Crippen LogP contribution >= 0.6 is 0 Å². The number of carbonyl (C=O) groups is 2. The second-order valence-corrected chi connectivity index (χ2v) is 6.84. The van der Waals surface area contributed by atoms with Crippen molar-refractivity contribution in [2.24, 2.45) is 0 Å². The van der Waals surface area contributed by atoms with Gasteiger partial charge in [-0.05, 0) is 42.2 Å². The third-order valence-corrected chi connectivity index (χ3v) is 5.00. The summed E-state index contributed by atoms with van der Waals surface area (Å²) < 4.78 is 0. The molecule has 5 heteroatoms. The summed E-state index contributed by atoms with van der Waals surface area (Å²) in [5.41, 5.74) is 3.95. The van der Waals surface area contributed by atoms with Gasteiger partial charge in [-0.25, -0.2) is 0 Å². The van der Waals surface area contributed by atoms with Gasteiger partial charge in [0.1, 0.15) is 0 Å². The predicted octanol–water partition coefficient (Wildman–Crippen LogP) is 3.68. The smallest absolute Gasteiger partial charge is 0.253 e. The Bertz CT molecular complexity index is 1000. The van der Waals surface area contributed by atoms with E-state index >= 15 is 0 Å². The minimum absolute atomic E-state index is 0.124. The van der Waals surface area contributed by atoms with E-state index < -0.39 is 0 Å². The normalized spacial score (nSPS) is 14.9. The zero-order valence-corrected chi connectivity index (χ0v) is 15.4. The van der Waals surface area contributed by atoms with Crippen molar-refractivity contribution in [3.05, 3.63) is 95.3 Å². The SMILES string of the molecule is O=C(NCc1ccccc1)c1ccccc1NC(=O)[C@H]1CCc2cccnc21. The molecule has 0 unspecified atom stereocenters. The zero-order valence-electron chi connectivity index (χ0n) is 15.4. The van der Waals surface area contributed by atoms with Gasteiger partial charge in [-0.3, -0.25) is 14.6 Å². The van der Waals surface area contributed by atoms with Gasteiger partial charge >= 0.3 is 0 Å². The number of aromatic nitrogens is 1. The van der Waals surface area contributed by atoms with E-state index in [0.717, 1.165) is 29.7 Å². The molecule has 0 saturated heterocycles. The van der Waals surface area contributed by atoms with Crippen LogP contribution in [0.15, 0.2) is 72.9 Å². The lowest BCUT2D eigenvalue weighted by molar-refractivity contribution is -0.117. The number of anilines is 1. The van der Waals surface area contributed by atoms with E-state index in [4.69, 9.17) is 0 Å². The summed E-state index contributed by atoms with van der Waals surface area (Å²) in [5.74, 6) is -0.623. The van der Waals surface area contributed by atoms with Gasteiger partial charge in [-0.2, -0.15) is 0 Å². The lowest BCUT2D eigenvalue weighted by atomic mass is 10.0. The molecule has 140 valence electrons. The first kappa shape index (κ1) is 17.9. The molecule has 0 bridgehead atoms. The number of aryl methyl sites for hydroxylation is 1. The molecule has 28 heavy (non-hydrogen) atoms. The van der Waals surface area contributed by atoms with Crippen LogP contribution < -0.4 is 10.6 Å². The molecule has 1 atom stereocenters. The fourth-order valence-electron chi connectivity index (χ4n) is 3.55. The van der Waals surface area contributed by atoms with Gasteiger partial charge in [0, 0.05) is 12.7 Å². The Morgan fingerprint density at radius 3 is 2.61 bits per heavy atom. The summed E-state index contributed by atoms with van der Waals surface area (Å²) in [5, 5.41) is 5.84. The van der Waals surface area contributed by atoms with Crippen molar-refractivity contribution in [1.29, 1.82) is 0 Å². The number of rotatable bonds is 5. The average molecular weight is 371 g/mol. The Labute approximate surface area is 163 Å². The standard InChI is InChI=1S/C23H21N3O2/c27-22(25-15-16-7-2-1-3-8-16)18-10-4-5-11-20(18)26-23(28)19-13-12-17-9-6-14-24-21(17)19/h1-11,14,19H,12-13,15H2,(H,25,27)(H,26,28)/t19-/m0/s1. The minimum Gasteiger partial charge on any atom is -0.348 e. The number of carbonyl (C=O) groups excluding carboxylic acids is 2. The summed E-state index contributed by atoms with van der Waals surface area (Å²) in [6.45, 7) is 0.432. The topological polar surface area (TPSA) is 71.1 Å². The summed E-state index contributed by atoms with van der Waals surface area (Å²) >= 11 is 0. The third-order valence-electron chi connectivity index (χ3n) is 5.00. The van der Waals surface area contributed by atoms with Gasteiger partial charge in [-0.15, -0.1) is 0 Å². The monoisotopic (exact) mass is 371 g/mol. The molecule has 1 aliphatic carbocycles. The van der Waals surface area contributed by atoms with Crippen LogP contribution in [0.4, 0.5) is 5.69 Å². The van der Waals surface area contributed by atoms with Gasteiger partial charge in [0.05, 0.1) is 22.9 Å². The highest BCUT2D eigenvalue weighted by atomic mass is 16.2. The van der Waals surface area contributed by atoms with Gasteiger partial charge in [0.2, 0.25) is 5.91 Å². The molecule has 1 heterocycles. The number of nitrogens with zero attached hydrogens (tertiary/aromatic N) is 1. The van der Waals surface area contributed by atoms with Crippen LogP contribution in [0.1, 0.15) is 39.5 Å². The summed E-state index contributed by atoms with van der Waals surface area (Å²) in [7, 11) is 0. The second-order valence-electron chi connectivity index (χ2n) is 6.84. The molecule has 0 fully saturated rings. The summed E-state index contributed by atoms with van der Waals surface area (Å²) in [6, 6.07) is 20.7. The average Bonchev–Trinajstić information content (AvgIpc) is 3.17. The summed E-state index contributed by atoms with van der Waals surface area (Å²) in [4.78, 5) is 29.9. The number of benzene rings is 2. The molecule has 2 amide bonds. The predicted molar refractivity (Wildman–Crippen MR) is 108 cm³/mol. The van der Waals surface area contributed by atoms with Crippen LogP contribution in [0.5, 0.6) is 0 Å². The van der Waals surface area contributed by atoms with E-state index in [1.54, 1.807) is 24.4 Å². The van der Waals surface area contributed by atoms with Crippen LogP contribution in [0, 0.1) is 0 Å². The van der Waals surface area contributed by atoms with Crippen LogP contribution in [0.3, 0.4) is 0 Å². The van der Waals surface area contributed by atoms with Crippen molar-refractivity contribution in [2.45, 2.75) is 25.3 Å². The van der Waals surface area contributed by atoms with Gasteiger partial charge < -0.3 is 10.6 Å². The number of hydrogen-bond donors (Lipinski definition) is 2. The highest BCUT2D eigenvalue weighted by molar-refractivity contribution is 6.05. The molecule has 3 aromatic rings. The van der Waals surface area contributed by atoms with E-state index in [9.17, 15) is 9.59 Å². The van der Waals surface area contributed by atoms with Crippen molar-refractivity contribution in [3.8, 4) is 0 Å². The number of para-hydroxylation sites is 1. The maximum absolute atomic E-state index is 12.8. The Hall–Kier alpha value is -3.47. The molecule has 1 aromatic heterocycles. The van der Waals surface area contributed by atoms with Crippen LogP contribution in [0.2, 0.25) is 0 Å². The third kappa shape index (κ3) is 3.78. The van der Waals surface area contributed by atoms with E-state index in [-0.39, 0.29) is 17.7 Å². The quantitative estimate of drug-likeness (QED) is 0.719. The Kier molecular flexibility index (Phi) is 5.15. The molecule has 2 N–H and O–H groups in total. The Morgan fingerprint density at radius 1 is 0.964 bits per heavy atom.